The Morgan fingerprint density at radius 2 is 1.04 bits per heavy atom. The van der Waals surface area contributed by atoms with E-state index in [4.69, 9.17) is 4.42 Å². The molecule has 0 radical (unpaired) electrons. The number of hydrogen-bond donors (Lipinski definition) is 0. The smallest absolute Gasteiger partial charge is 0.135 e. The first-order valence-corrected chi connectivity index (χ1v) is 16.1. The lowest BCUT2D eigenvalue weighted by Crippen LogP contribution is -1.93. The third-order valence-corrected chi connectivity index (χ3v) is 10.4. The number of hydrogen-bond acceptors (Lipinski definition) is 2. The van der Waals surface area contributed by atoms with Gasteiger partial charge in [0.05, 0.1) is 11.0 Å². The van der Waals surface area contributed by atoms with Crippen molar-refractivity contribution in [2.24, 2.45) is 0 Å². The number of aromatic nitrogens is 1. The molecule has 0 unspecified atom stereocenters. The summed E-state index contributed by atoms with van der Waals surface area (Å²) in [6.45, 7) is 0. The third kappa shape index (κ3) is 3.68. The van der Waals surface area contributed by atoms with Crippen LogP contribution in [0, 0.1) is 0 Å². The molecular weight excluding hydrogens is 567 g/mol. The maximum atomic E-state index is 6.03. The van der Waals surface area contributed by atoms with E-state index in [1.54, 1.807) is 0 Å². The molecule has 45 heavy (non-hydrogen) atoms. The van der Waals surface area contributed by atoms with E-state index in [2.05, 4.69) is 144 Å². The molecule has 0 N–H and O–H groups in total. The van der Waals surface area contributed by atoms with Crippen LogP contribution in [-0.4, -0.2) is 4.57 Å². The fraction of sp³-hybridized carbons (Fsp3) is 0. The lowest BCUT2D eigenvalue weighted by Gasteiger charge is -2.10. The van der Waals surface area contributed by atoms with Crippen molar-refractivity contribution in [2.45, 2.75) is 0 Å². The van der Waals surface area contributed by atoms with Gasteiger partial charge in [0, 0.05) is 47.4 Å². The monoisotopic (exact) mass is 591 g/mol. The largest absolute Gasteiger partial charge is 0.456 e. The Balaban J connectivity index is 1.04. The standard InChI is InChI=1S/C42H25NOS/c1-4-10-36-34(9-1)41-37(23-22-33-32-8-3-6-12-40(32)45-42(33)41)43(36)30-20-17-27(18-21-30)26-13-15-28(16-14-26)29-19-24-39-35(25-29)31-7-2-5-11-38(31)44-39/h1-25H. The zero-order chi connectivity index (χ0) is 29.5. The van der Waals surface area contributed by atoms with E-state index in [1.807, 2.05) is 23.5 Å². The molecule has 0 amide bonds. The van der Waals surface area contributed by atoms with Crippen molar-refractivity contribution < 1.29 is 4.42 Å². The fourth-order valence-corrected chi connectivity index (χ4v) is 8.34. The molecule has 0 bridgehead atoms. The van der Waals surface area contributed by atoms with Gasteiger partial charge in [0.25, 0.3) is 0 Å². The van der Waals surface area contributed by atoms with Gasteiger partial charge in [-0.25, -0.2) is 0 Å². The van der Waals surface area contributed by atoms with Crippen LogP contribution in [0.5, 0.6) is 0 Å². The van der Waals surface area contributed by atoms with Gasteiger partial charge in [0.1, 0.15) is 11.2 Å². The summed E-state index contributed by atoms with van der Waals surface area (Å²) in [5, 5.41) is 7.62. The first-order valence-electron chi connectivity index (χ1n) is 15.3. The molecule has 0 saturated carbocycles. The van der Waals surface area contributed by atoms with E-state index < -0.39 is 0 Å². The second-order valence-corrected chi connectivity index (χ2v) is 12.8. The van der Waals surface area contributed by atoms with Crippen LogP contribution < -0.4 is 0 Å². The van der Waals surface area contributed by atoms with Crippen LogP contribution in [0.2, 0.25) is 0 Å². The van der Waals surface area contributed by atoms with Gasteiger partial charge in [-0.1, -0.05) is 103 Å². The molecule has 0 fully saturated rings. The Bertz CT molecular complexity index is 2740. The van der Waals surface area contributed by atoms with Crippen molar-refractivity contribution in [2.75, 3.05) is 0 Å². The lowest BCUT2D eigenvalue weighted by atomic mass is 9.99. The molecule has 210 valence electrons. The van der Waals surface area contributed by atoms with Crippen molar-refractivity contribution in [1.82, 2.24) is 4.57 Å². The zero-order valence-electron chi connectivity index (χ0n) is 24.2. The van der Waals surface area contributed by atoms with Crippen LogP contribution in [0.3, 0.4) is 0 Å². The molecule has 0 saturated heterocycles. The molecule has 2 nitrogen and oxygen atoms in total. The van der Waals surface area contributed by atoms with Gasteiger partial charge in [-0.3, -0.25) is 0 Å². The molecule has 0 aliphatic rings. The maximum Gasteiger partial charge on any atom is 0.135 e. The average Bonchev–Trinajstić information content (AvgIpc) is 3.77. The van der Waals surface area contributed by atoms with Crippen molar-refractivity contribution in [3.05, 3.63) is 152 Å². The number of nitrogens with zero attached hydrogens (tertiary/aromatic N) is 1. The van der Waals surface area contributed by atoms with Gasteiger partial charge >= 0.3 is 0 Å². The van der Waals surface area contributed by atoms with E-state index in [9.17, 15) is 0 Å². The summed E-state index contributed by atoms with van der Waals surface area (Å²) in [6.07, 6.45) is 0. The highest BCUT2D eigenvalue weighted by molar-refractivity contribution is 7.26. The van der Waals surface area contributed by atoms with Gasteiger partial charge in [-0.05, 0) is 70.8 Å². The van der Waals surface area contributed by atoms with Gasteiger partial charge < -0.3 is 8.98 Å². The minimum atomic E-state index is 0.924. The van der Waals surface area contributed by atoms with Crippen molar-refractivity contribution in [3.8, 4) is 27.9 Å². The molecule has 0 spiro atoms. The highest BCUT2D eigenvalue weighted by Gasteiger charge is 2.17. The number of benzene rings is 7. The van der Waals surface area contributed by atoms with Gasteiger partial charge in [0.15, 0.2) is 0 Å². The van der Waals surface area contributed by atoms with E-state index in [0.29, 0.717) is 0 Å². The van der Waals surface area contributed by atoms with Crippen LogP contribution in [0.1, 0.15) is 0 Å². The summed E-state index contributed by atoms with van der Waals surface area (Å²) < 4.78 is 11.1. The van der Waals surface area contributed by atoms with E-state index in [-0.39, 0.29) is 0 Å². The number of rotatable bonds is 3. The molecule has 10 aromatic rings. The summed E-state index contributed by atoms with van der Waals surface area (Å²) in [5.41, 5.74) is 10.3. The van der Waals surface area contributed by atoms with Gasteiger partial charge in [0.2, 0.25) is 0 Å². The number of furan rings is 1. The van der Waals surface area contributed by atoms with Crippen LogP contribution in [0.25, 0.3) is 91.9 Å². The number of thiophene rings is 1. The van der Waals surface area contributed by atoms with Gasteiger partial charge in [-0.15, -0.1) is 11.3 Å². The molecule has 3 heteroatoms. The minimum Gasteiger partial charge on any atom is -0.456 e. The summed E-state index contributed by atoms with van der Waals surface area (Å²) in [4.78, 5) is 0. The molecule has 3 heterocycles. The molecule has 7 aromatic carbocycles. The number of para-hydroxylation sites is 2. The zero-order valence-corrected chi connectivity index (χ0v) is 25.0. The molecule has 0 atom stereocenters. The highest BCUT2D eigenvalue weighted by Crippen LogP contribution is 2.43. The summed E-state index contributed by atoms with van der Waals surface area (Å²) in [5.74, 6) is 0. The first-order chi connectivity index (χ1) is 22.3. The Hall–Kier alpha value is -5.64. The molecule has 10 rings (SSSR count). The summed E-state index contributed by atoms with van der Waals surface area (Å²) >= 11 is 1.90. The molecule has 0 aliphatic heterocycles. The average molecular weight is 592 g/mol. The second-order valence-electron chi connectivity index (χ2n) is 11.7. The van der Waals surface area contributed by atoms with E-state index >= 15 is 0 Å². The SMILES string of the molecule is c1ccc2c(c1)oc1ccc(-c3ccc(-c4ccc(-n5c6ccccc6c6c7sc8ccccc8c7ccc65)cc4)cc3)cc12. The third-order valence-electron chi connectivity index (χ3n) is 9.23. The quantitative estimate of drug-likeness (QED) is 0.200. The molecule has 0 aliphatic carbocycles. The van der Waals surface area contributed by atoms with Crippen molar-refractivity contribution >= 4 is 75.3 Å². The summed E-state index contributed by atoms with van der Waals surface area (Å²) in [7, 11) is 0. The van der Waals surface area contributed by atoms with Crippen LogP contribution in [0.15, 0.2) is 156 Å². The van der Waals surface area contributed by atoms with Crippen molar-refractivity contribution in [3.63, 3.8) is 0 Å². The Labute approximate surface area is 263 Å². The normalized spacial score (nSPS) is 12.0. The topological polar surface area (TPSA) is 18.1 Å². The fourth-order valence-electron chi connectivity index (χ4n) is 7.08. The second kappa shape index (κ2) is 9.43. The lowest BCUT2D eigenvalue weighted by molar-refractivity contribution is 0.669. The van der Waals surface area contributed by atoms with E-state index in [1.165, 1.54) is 69.9 Å². The van der Waals surface area contributed by atoms with Crippen LogP contribution in [-0.2, 0) is 0 Å². The molecule has 3 aromatic heterocycles. The van der Waals surface area contributed by atoms with E-state index in [0.717, 1.165) is 21.9 Å². The Morgan fingerprint density at radius 3 is 1.87 bits per heavy atom. The molecular formula is C42H25NOS. The van der Waals surface area contributed by atoms with Crippen molar-refractivity contribution in [1.29, 1.82) is 0 Å². The number of fused-ring (bicyclic) bond motifs is 10. The highest BCUT2D eigenvalue weighted by atomic mass is 32.1. The first kappa shape index (κ1) is 24.8. The Kier molecular flexibility index (Phi) is 5.19. The predicted octanol–water partition coefficient (Wildman–Crippen LogP) is 12.4. The Morgan fingerprint density at radius 1 is 0.422 bits per heavy atom. The van der Waals surface area contributed by atoms with Crippen LogP contribution >= 0.6 is 11.3 Å². The van der Waals surface area contributed by atoms with Crippen LogP contribution in [0.4, 0.5) is 0 Å². The maximum absolute atomic E-state index is 6.03. The van der Waals surface area contributed by atoms with Gasteiger partial charge in [-0.2, -0.15) is 0 Å². The summed E-state index contributed by atoms with van der Waals surface area (Å²) in [6, 6.07) is 54.7. The minimum absolute atomic E-state index is 0.924. The predicted molar refractivity (Wildman–Crippen MR) is 192 cm³/mol.